The molecule has 2 N–H and O–H groups in total. The third kappa shape index (κ3) is 8.38. The Hall–Kier alpha value is -0.320. The fraction of sp³-hybridized carbons (Fsp3) is 0.944. The van der Waals surface area contributed by atoms with Gasteiger partial charge in [0.15, 0.2) is 0 Å². The van der Waals surface area contributed by atoms with Crippen LogP contribution < -0.4 is 10.6 Å². The lowest BCUT2D eigenvalue weighted by Crippen LogP contribution is -2.60. The van der Waals surface area contributed by atoms with Crippen molar-refractivity contribution < 1.29 is 22.7 Å². The number of carbonyl (C=O) groups is 1. The van der Waals surface area contributed by atoms with Gasteiger partial charge in [-0.1, -0.05) is 13.8 Å². The highest BCUT2D eigenvalue weighted by atomic mass is 35.5. The molecule has 174 valence electrons. The van der Waals surface area contributed by atoms with Crippen LogP contribution in [0.5, 0.6) is 0 Å². The molecule has 2 saturated heterocycles. The highest BCUT2D eigenvalue weighted by Gasteiger charge is 2.44. The smallest absolute Gasteiger partial charge is 0.373 e. The number of rotatable bonds is 6. The Kier molecular flexibility index (Phi) is 12.4. The summed E-state index contributed by atoms with van der Waals surface area (Å²) in [4.78, 5) is 16.3. The zero-order chi connectivity index (χ0) is 20.2. The molecule has 0 aromatic rings. The van der Waals surface area contributed by atoms with E-state index in [1.54, 1.807) is 0 Å². The van der Waals surface area contributed by atoms with E-state index in [0.29, 0.717) is 39.3 Å². The Morgan fingerprint density at radius 1 is 1.10 bits per heavy atom. The van der Waals surface area contributed by atoms with E-state index in [4.69, 9.17) is 4.74 Å². The first-order valence-corrected chi connectivity index (χ1v) is 9.78. The predicted octanol–water partition coefficient (Wildman–Crippen LogP) is 1.92. The average molecular weight is 467 g/mol. The van der Waals surface area contributed by atoms with Crippen molar-refractivity contribution in [3.05, 3.63) is 0 Å². The van der Waals surface area contributed by atoms with E-state index in [9.17, 15) is 18.0 Å². The van der Waals surface area contributed by atoms with Gasteiger partial charge in [-0.2, -0.15) is 13.2 Å². The van der Waals surface area contributed by atoms with Gasteiger partial charge in [0.1, 0.15) is 6.04 Å². The van der Waals surface area contributed by atoms with Crippen LogP contribution >= 0.6 is 24.8 Å². The van der Waals surface area contributed by atoms with Crippen molar-refractivity contribution in [2.24, 2.45) is 5.92 Å². The molecule has 4 atom stereocenters. The maximum absolute atomic E-state index is 13.5. The summed E-state index contributed by atoms with van der Waals surface area (Å²) in [7, 11) is 0. The molecule has 0 aromatic heterocycles. The van der Waals surface area contributed by atoms with Gasteiger partial charge in [0, 0.05) is 45.8 Å². The van der Waals surface area contributed by atoms with Gasteiger partial charge in [-0.3, -0.25) is 14.6 Å². The van der Waals surface area contributed by atoms with E-state index in [0.717, 1.165) is 0 Å². The van der Waals surface area contributed by atoms with Gasteiger partial charge in [-0.25, -0.2) is 0 Å². The van der Waals surface area contributed by atoms with Crippen LogP contribution in [0.15, 0.2) is 0 Å². The zero-order valence-corrected chi connectivity index (χ0v) is 19.1. The summed E-state index contributed by atoms with van der Waals surface area (Å²) in [5, 5.41) is 5.65. The lowest BCUT2D eigenvalue weighted by molar-refractivity contribution is -0.184. The van der Waals surface area contributed by atoms with Crippen molar-refractivity contribution in [2.75, 3.05) is 45.8 Å². The summed E-state index contributed by atoms with van der Waals surface area (Å²) in [5.41, 5.74) is 0. The minimum Gasteiger partial charge on any atom is -0.373 e. The van der Waals surface area contributed by atoms with Gasteiger partial charge in [-0.15, -0.1) is 24.8 Å². The van der Waals surface area contributed by atoms with Crippen LogP contribution in [-0.2, 0) is 9.53 Å². The third-order valence-corrected chi connectivity index (χ3v) is 5.18. The quantitative estimate of drug-likeness (QED) is 0.626. The summed E-state index contributed by atoms with van der Waals surface area (Å²) >= 11 is 0. The molecule has 0 aromatic carbocycles. The molecule has 2 fully saturated rings. The molecule has 0 radical (unpaired) electrons. The summed E-state index contributed by atoms with van der Waals surface area (Å²) in [6.07, 6.45) is -4.39. The van der Waals surface area contributed by atoms with Gasteiger partial charge < -0.3 is 15.4 Å². The Morgan fingerprint density at radius 2 is 1.62 bits per heavy atom. The highest BCUT2D eigenvalue weighted by Crippen LogP contribution is 2.25. The summed E-state index contributed by atoms with van der Waals surface area (Å²) < 4.78 is 46.3. The number of alkyl halides is 3. The maximum atomic E-state index is 13.5. The van der Waals surface area contributed by atoms with E-state index >= 15 is 0 Å². The molecule has 6 nitrogen and oxygen atoms in total. The monoisotopic (exact) mass is 466 g/mol. The van der Waals surface area contributed by atoms with Crippen LogP contribution in [-0.4, -0.2) is 92.0 Å². The van der Waals surface area contributed by atoms with Gasteiger partial charge in [0.2, 0.25) is 5.91 Å². The standard InChI is InChI=1S/C18H33F3N4O2.2ClH/c1-12(2)16(25-10-13(3)27-14(4)11-25)17(26)23-9-15(18(19,20)21)24-7-5-22-6-8-24;;/h12-16,22H,5-11H2,1-4H3,(H,23,26);2*1H. The lowest BCUT2D eigenvalue weighted by atomic mass is 9.99. The van der Waals surface area contributed by atoms with E-state index < -0.39 is 24.8 Å². The predicted molar refractivity (Wildman–Crippen MR) is 112 cm³/mol. The second kappa shape index (κ2) is 12.5. The van der Waals surface area contributed by atoms with Crippen molar-refractivity contribution in [2.45, 2.75) is 58.2 Å². The minimum atomic E-state index is -4.38. The molecule has 11 heteroatoms. The van der Waals surface area contributed by atoms with Crippen LogP contribution in [0.4, 0.5) is 13.2 Å². The number of nitrogens with one attached hydrogen (secondary N) is 2. The van der Waals surface area contributed by atoms with Crippen LogP contribution in [0.1, 0.15) is 27.7 Å². The molecule has 2 aliphatic rings. The zero-order valence-electron chi connectivity index (χ0n) is 17.5. The number of hydrogen-bond acceptors (Lipinski definition) is 5. The Labute approximate surface area is 184 Å². The van der Waals surface area contributed by atoms with E-state index in [-0.39, 0.29) is 48.8 Å². The summed E-state index contributed by atoms with van der Waals surface area (Å²) in [5.74, 6) is -0.346. The average Bonchev–Trinajstić information content (AvgIpc) is 2.53. The maximum Gasteiger partial charge on any atom is 0.405 e. The minimum absolute atomic E-state index is 0. The molecular weight excluding hydrogens is 432 g/mol. The molecule has 2 heterocycles. The number of piperazine rings is 1. The molecule has 0 aliphatic carbocycles. The van der Waals surface area contributed by atoms with E-state index in [1.165, 1.54) is 4.90 Å². The van der Waals surface area contributed by atoms with E-state index in [1.807, 2.05) is 32.6 Å². The first-order chi connectivity index (χ1) is 12.6. The SMILES string of the molecule is CC1CN(C(C(=O)NCC(N2CCNCC2)C(F)(F)F)C(C)C)CC(C)O1.Cl.Cl. The normalized spacial score (nSPS) is 26.2. The number of amides is 1. The third-order valence-electron chi connectivity index (χ3n) is 5.18. The molecule has 29 heavy (non-hydrogen) atoms. The molecule has 1 amide bonds. The van der Waals surface area contributed by atoms with Crippen molar-refractivity contribution in [3.63, 3.8) is 0 Å². The Bertz CT molecular complexity index is 484. The summed E-state index contributed by atoms with van der Waals surface area (Å²) in [6.45, 7) is 10.2. The number of ether oxygens (including phenoxy) is 1. The van der Waals surface area contributed by atoms with Gasteiger partial charge in [0.25, 0.3) is 0 Å². The second-order valence-corrected chi connectivity index (χ2v) is 7.99. The molecular formula is C18H35Cl2F3N4O2. The number of morpholine rings is 1. The first kappa shape index (κ1) is 28.7. The molecule has 4 unspecified atom stereocenters. The van der Waals surface area contributed by atoms with E-state index in [2.05, 4.69) is 10.6 Å². The Balaban J connectivity index is 0.00000392. The van der Waals surface area contributed by atoms with Crippen LogP contribution in [0.25, 0.3) is 0 Å². The molecule has 0 spiro atoms. The fourth-order valence-electron chi connectivity index (χ4n) is 4.08. The molecule has 0 saturated carbocycles. The van der Waals surface area contributed by atoms with Gasteiger partial charge in [-0.05, 0) is 19.8 Å². The largest absolute Gasteiger partial charge is 0.405 e. The highest BCUT2D eigenvalue weighted by molar-refractivity contribution is 5.85. The van der Waals surface area contributed by atoms with Crippen molar-refractivity contribution in [1.29, 1.82) is 0 Å². The van der Waals surface area contributed by atoms with Crippen molar-refractivity contribution >= 4 is 30.7 Å². The number of halogens is 5. The first-order valence-electron chi connectivity index (χ1n) is 9.78. The molecule has 0 bridgehead atoms. The van der Waals surface area contributed by atoms with Crippen LogP contribution in [0.2, 0.25) is 0 Å². The van der Waals surface area contributed by atoms with Crippen LogP contribution in [0.3, 0.4) is 0 Å². The Morgan fingerprint density at radius 3 is 2.07 bits per heavy atom. The molecule has 2 rings (SSSR count). The lowest BCUT2D eigenvalue weighted by Gasteiger charge is -2.41. The molecule has 2 aliphatic heterocycles. The van der Waals surface area contributed by atoms with Crippen molar-refractivity contribution in [3.8, 4) is 0 Å². The van der Waals surface area contributed by atoms with Gasteiger partial charge in [0.05, 0.1) is 18.2 Å². The number of hydrogen-bond donors (Lipinski definition) is 2. The number of carbonyl (C=O) groups excluding carboxylic acids is 1. The topological polar surface area (TPSA) is 56.8 Å². The van der Waals surface area contributed by atoms with Gasteiger partial charge >= 0.3 is 6.18 Å². The summed E-state index contributed by atoms with van der Waals surface area (Å²) in [6, 6.07) is -2.12. The fourth-order valence-corrected chi connectivity index (χ4v) is 4.08. The second-order valence-electron chi connectivity index (χ2n) is 7.99. The van der Waals surface area contributed by atoms with Crippen LogP contribution in [0, 0.1) is 5.92 Å². The van der Waals surface area contributed by atoms with Crippen molar-refractivity contribution in [1.82, 2.24) is 20.4 Å². The number of nitrogens with zero attached hydrogens (tertiary/aromatic N) is 2.